The van der Waals surface area contributed by atoms with Crippen LogP contribution in [-0.2, 0) is 9.59 Å². The Balaban J connectivity index is 4.76. The van der Waals surface area contributed by atoms with Crippen molar-refractivity contribution in [3.05, 3.63) is 0 Å². The van der Waals surface area contributed by atoms with Gasteiger partial charge in [0, 0.05) is 6.54 Å². The Bertz CT molecular complexity index is 204. The van der Waals surface area contributed by atoms with Crippen LogP contribution in [0.2, 0.25) is 0 Å². The molecule has 6 N–H and O–H groups in total. The van der Waals surface area contributed by atoms with Crippen molar-refractivity contribution in [2.24, 2.45) is 11.5 Å². The van der Waals surface area contributed by atoms with Crippen LogP contribution in [-0.4, -0.2) is 40.2 Å². The number of carboxylic acids is 1. The molecule has 0 aliphatic carbocycles. The molecule has 0 heterocycles. The third-order valence-corrected chi connectivity index (χ3v) is 1.47. The first-order valence-electron chi connectivity index (χ1n) is 3.32. The monoisotopic (exact) mass is 176 g/mol. The van der Waals surface area contributed by atoms with Crippen molar-refractivity contribution in [1.82, 2.24) is 0 Å². The quantitative estimate of drug-likeness (QED) is 0.356. The molecule has 2 unspecified atom stereocenters. The molecule has 0 bridgehead atoms. The van der Waals surface area contributed by atoms with E-state index >= 15 is 0 Å². The Hall–Kier alpha value is -0.980. The van der Waals surface area contributed by atoms with Crippen molar-refractivity contribution in [1.29, 1.82) is 0 Å². The average Bonchev–Trinajstić information content (AvgIpc) is 2.01. The van der Waals surface area contributed by atoms with E-state index < -0.39 is 29.9 Å². The molecule has 0 fully saturated rings. The number of aliphatic carboxylic acids is 1. The zero-order chi connectivity index (χ0) is 9.94. The number of carboxylic acid groups (broad SMARTS) is 1. The predicted octanol–water partition coefficient (Wildman–Crippen LogP) is -2.32. The molecule has 6 heteroatoms. The molecule has 70 valence electrons. The summed E-state index contributed by atoms with van der Waals surface area (Å²) in [7, 11) is 0. The molecule has 2 atom stereocenters. The van der Waals surface area contributed by atoms with Gasteiger partial charge in [0.25, 0.3) is 0 Å². The second-order valence-electron chi connectivity index (χ2n) is 2.52. The maximum atomic E-state index is 11.0. The maximum absolute atomic E-state index is 11.0. The summed E-state index contributed by atoms with van der Waals surface area (Å²) in [6.45, 7) is 0.606. The fourth-order valence-electron chi connectivity index (χ4n) is 0.670. The summed E-state index contributed by atoms with van der Waals surface area (Å²) in [5.74, 6) is -2.66. The molecular weight excluding hydrogens is 164 g/mol. The second kappa shape index (κ2) is 3.61. The van der Waals surface area contributed by atoms with Crippen molar-refractivity contribution >= 4 is 11.8 Å². The molecule has 0 spiro atoms. The van der Waals surface area contributed by atoms with Crippen LogP contribution in [0.1, 0.15) is 6.92 Å². The summed E-state index contributed by atoms with van der Waals surface area (Å²) in [4.78, 5) is 21.4. The lowest BCUT2D eigenvalue weighted by atomic mass is 9.94. The van der Waals surface area contributed by atoms with E-state index in [0.29, 0.717) is 0 Å². The van der Waals surface area contributed by atoms with Gasteiger partial charge >= 0.3 is 5.97 Å². The van der Waals surface area contributed by atoms with Gasteiger partial charge in [0.15, 0.2) is 5.78 Å². The SMILES string of the molecule is CC(N)C(=O)C(O)(CN)C(=O)O. The highest BCUT2D eigenvalue weighted by Crippen LogP contribution is 2.06. The third-order valence-electron chi connectivity index (χ3n) is 1.47. The zero-order valence-electron chi connectivity index (χ0n) is 6.65. The van der Waals surface area contributed by atoms with E-state index in [1.165, 1.54) is 6.92 Å². The molecular formula is C6H12N2O4. The summed E-state index contributed by atoms with van der Waals surface area (Å²) in [6.07, 6.45) is 0. The van der Waals surface area contributed by atoms with Crippen LogP contribution in [0.4, 0.5) is 0 Å². The summed E-state index contributed by atoms with van der Waals surface area (Å²) in [6, 6.07) is -1.05. The van der Waals surface area contributed by atoms with E-state index in [9.17, 15) is 14.7 Å². The lowest BCUT2D eigenvalue weighted by molar-refractivity contribution is -0.164. The van der Waals surface area contributed by atoms with Crippen molar-refractivity contribution in [3.63, 3.8) is 0 Å². The number of hydrogen-bond acceptors (Lipinski definition) is 5. The van der Waals surface area contributed by atoms with Gasteiger partial charge < -0.3 is 21.7 Å². The highest BCUT2D eigenvalue weighted by molar-refractivity contribution is 6.08. The first-order chi connectivity index (χ1) is 5.36. The molecule has 0 aromatic heterocycles. The number of carbonyl (C=O) groups is 2. The van der Waals surface area contributed by atoms with E-state index in [4.69, 9.17) is 16.6 Å². The van der Waals surface area contributed by atoms with Crippen LogP contribution in [0.3, 0.4) is 0 Å². The third kappa shape index (κ3) is 1.79. The van der Waals surface area contributed by atoms with Gasteiger partial charge in [0.2, 0.25) is 5.60 Å². The van der Waals surface area contributed by atoms with Crippen molar-refractivity contribution < 1.29 is 19.8 Å². The van der Waals surface area contributed by atoms with Crippen LogP contribution < -0.4 is 11.5 Å². The largest absolute Gasteiger partial charge is 0.479 e. The van der Waals surface area contributed by atoms with E-state index in [0.717, 1.165) is 0 Å². The number of aliphatic hydroxyl groups is 1. The maximum Gasteiger partial charge on any atom is 0.345 e. The fraction of sp³-hybridized carbons (Fsp3) is 0.667. The van der Waals surface area contributed by atoms with Crippen LogP contribution in [0.25, 0.3) is 0 Å². The van der Waals surface area contributed by atoms with Gasteiger partial charge in [-0.1, -0.05) is 0 Å². The minimum absolute atomic E-state index is 0.678. The molecule has 0 rings (SSSR count). The number of hydrogen-bond donors (Lipinski definition) is 4. The smallest absolute Gasteiger partial charge is 0.345 e. The van der Waals surface area contributed by atoms with Gasteiger partial charge in [-0.15, -0.1) is 0 Å². The Kier molecular flexibility index (Phi) is 3.32. The predicted molar refractivity (Wildman–Crippen MR) is 40.3 cm³/mol. The number of ketones is 1. The number of carbonyl (C=O) groups excluding carboxylic acids is 1. The van der Waals surface area contributed by atoms with Gasteiger partial charge in [-0.3, -0.25) is 4.79 Å². The molecule has 0 aliphatic heterocycles. The average molecular weight is 176 g/mol. The number of Topliss-reactive ketones (excluding diaryl/α,β-unsaturated/α-hetero) is 1. The molecule has 12 heavy (non-hydrogen) atoms. The van der Waals surface area contributed by atoms with Gasteiger partial charge in [-0.05, 0) is 6.92 Å². The van der Waals surface area contributed by atoms with Crippen molar-refractivity contribution in [2.75, 3.05) is 6.54 Å². The molecule has 0 saturated carbocycles. The summed E-state index contributed by atoms with van der Waals surface area (Å²) < 4.78 is 0. The second-order valence-corrected chi connectivity index (χ2v) is 2.52. The minimum atomic E-state index is -2.55. The fourth-order valence-corrected chi connectivity index (χ4v) is 0.670. The zero-order valence-corrected chi connectivity index (χ0v) is 6.65. The van der Waals surface area contributed by atoms with E-state index in [-0.39, 0.29) is 0 Å². The molecule has 0 saturated heterocycles. The van der Waals surface area contributed by atoms with Crippen LogP contribution in [0.15, 0.2) is 0 Å². The Labute approximate surface area is 69.2 Å². The molecule has 0 aliphatic rings. The molecule has 0 aromatic carbocycles. The summed E-state index contributed by atoms with van der Waals surface area (Å²) >= 11 is 0. The van der Waals surface area contributed by atoms with E-state index in [1.54, 1.807) is 0 Å². The number of nitrogens with two attached hydrogens (primary N) is 2. The topological polar surface area (TPSA) is 127 Å². The molecule has 0 amide bonds. The van der Waals surface area contributed by atoms with Gasteiger partial charge in [-0.25, -0.2) is 4.79 Å². The Morgan fingerprint density at radius 1 is 1.58 bits per heavy atom. The van der Waals surface area contributed by atoms with Crippen LogP contribution >= 0.6 is 0 Å². The lowest BCUT2D eigenvalue weighted by Crippen LogP contribution is -2.57. The first-order valence-corrected chi connectivity index (χ1v) is 3.32. The van der Waals surface area contributed by atoms with Crippen molar-refractivity contribution in [2.45, 2.75) is 18.6 Å². The summed E-state index contributed by atoms with van der Waals surface area (Å²) in [5, 5.41) is 17.6. The molecule has 6 nitrogen and oxygen atoms in total. The highest BCUT2D eigenvalue weighted by Gasteiger charge is 2.43. The van der Waals surface area contributed by atoms with Gasteiger partial charge in [0.1, 0.15) is 0 Å². The standard InChI is InChI=1S/C6H12N2O4/c1-3(8)4(9)6(12,2-7)5(10)11/h3,12H,2,7-8H2,1H3,(H,10,11). The minimum Gasteiger partial charge on any atom is -0.479 e. The lowest BCUT2D eigenvalue weighted by Gasteiger charge is -2.21. The first kappa shape index (κ1) is 11.0. The van der Waals surface area contributed by atoms with Crippen molar-refractivity contribution in [3.8, 4) is 0 Å². The Morgan fingerprint density at radius 2 is 2.00 bits per heavy atom. The van der Waals surface area contributed by atoms with Crippen LogP contribution in [0.5, 0.6) is 0 Å². The Morgan fingerprint density at radius 3 is 2.08 bits per heavy atom. The van der Waals surface area contributed by atoms with Crippen LogP contribution in [0, 0.1) is 0 Å². The highest BCUT2D eigenvalue weighted by atomic mass is 16.4. The van der Waals surface area contributed by atoms with Gasteiger partial charge in [-0.2, -0.15) is 0 Å². The number of rotatable bonds is 4. The molecule has 0 aromatic rings. The van der Waals surface area contributed by atoms with E-state index in [2.05, 4.69) is 0 Å². The summed E-state index contributed by atoms with van der Waals surface area (Å²) in [5.41, 5.74) is 7.50. The normalized spacial score (nSPS) is 18.0. The van der Waals surface area contributed by atoms with E-state index in [1.807, 2.05) is 0 Å². The van der Waals surface area contributed by atoms with Gasteiger partial charge in [0.05, 0.1) is 6.04 Å². The molecule has 0 radical (unpaired) electrons.